The average molecular weight is 340 g/mol. The molecule has 7 heteroatoms. The molecule has 0 aliphatic carbocycles. The molecule has 0 spiro atoms. The van der Waals surface area contributed by atoms with Gasteiger partial charge in [-0.3, -0.25) is 14.8 Å². The number of amides is 2. The molecule has 0 aromatic carbocycles. The van der Waals surface area contributed by atoms with Crippen LogP contribution in [0, 0.1) is 5.92 Å². The summed E-state index contributed by atoms with van der Waals surface area (Å²) < 4.78 is 0. The molecular formula is C18H20N4O3. The molecule has 2 atom stereocenters. The summed E-state index contributed by atoms with van der Waals surface area (Å²) in [5.41, 5.74) is 2.99. The zero-order valence-corrected chi connectivity index (χ0v) is 13.9. The molecule has 2 aromatic rings. The maximum Gasteiger partial charge on any atom is 0.405 e. The fourth-order valence-electron chi connectivity index (χ4n) is 3.01. The van der Waals surface area contributed by atoms with E-state index in [1.54, 1.807) is 18.6 Å². The number of rotatable bonds is 1. The lowest BCUT2D eigenvalue weighted by Crippen LogP contribution is -2.28. The zero-order valence-electron chi connectivity index (χ0n) is 13.9. The highest BCUT2D eigenvalue weighted by molar-refractivity contribution is 5.96. The van der Waals surface area contributed by atoms with E-state index in [4.69, 9.17) is 5.11 Å². The third kappa shape index (κ3) is 3.93. The Hall–Kier alpha value is -2.96. The smallest absolute Gasteiger partial charge is 0.405 e. The Bertz CT molecular complexity index is 793. The minimum absolute atomic E-state index is 0.0631. The minimum Gasteiger partial charge on any atom is -0.465 e. The molecule has 7 nitrogen and oxygen atoms in total. The fraction of sp³-hybridized carbons (Fsp3) is 0.333. The molecule has 0 saturated heterocycles. The van der Waals surface area contributed by atoms with Crippen molar-refractivity contribution in [3.8, 4) is 11.1 Å². The van der Waals surface area contributed by atoms with E-state index in [0.29, 0.717) is 30.6 Å². The van der Waals surface area contributed by atoms with Gasteiger partial charge in [0.2, 0.25) is 5.91 Å². The molecule has 1 aliphatic heterocycles. The lowest BCUT2D eigenvalue weighted by molar-refractivity contribution is -0.119. The van der Waals surface area contributed by atoms with Crippen LogP contribution in [-0.2, 0) is 4.79 Å². The molecule has 0 radical (unpaired) electrons. The average Bonchev–Trinajstić information content (AvgIpc) is 2.60. The van der Waals surface area contributed by atoms with Crippen LogP contribution in [0.4, 0.5) is 10.5 Å². The summed E-state index contributed by atoms with van der Waals surface area (Å²) in [6.07, 6.45) is 5.82. The van der Waals surface area contributed by atoms with Gasteiger partial charge in [-0.2, -0.15) is 0 Å². The molecular weight excluding hydrogens is 320 g/mol. The third-order valence-corrected chi connectivity index (χ3v) is 4.40. The molecule has 25 heavy (non-hydrogen) atoms. The predicted molar refractivity (Wildman–Crippen MR) is 93.0 cm³/mol. The van der Waals surface area contributed by atoms with E-state index in [9.17, 15) is 9.59 Å². The Morgan fingerprint density at radius 2 is 2.16 bits per heavy atom. The minimum atomic E-state index is -1.08. The van der Waals surface area contributed by atoms with Crippen LogP contribution in [0.1, 0.15) is 37.9 Å². The number of nitrogens with one attached hydrogen (secondary N) is 2. The van der Waals surface area contributed by atoms with Crippen LogP contribution in [0.5, 0.6) is 0 Å². The molecule has 3 rings (SSSR count). The Balaban J connectivity index is 2.07. The van der Waals surface area contributed by atoms with Crippen molar-refractivity contribution in [2.75, 3.05) is 5.32 Å². The predicted octanol–water partition coefficient (Wildman–Crippen LogP) is 3.21. The van der Waals surface area contributed by atoms with Crippen molar-refractivity contribution in [3.63, 3.8) is 0 Å². The molecule has 0 fully saturated rings. The van der Waals surface area contributed by atoms with Crippen LogP contribution in [0.25, 0.3) is 11.1 Å². The van der Waals surface area contributed by atoms with Gasteiger partial charge in [-0.25, -0.2) is 4.79 Å². The summed E-state index contributed by atoms with van der Waals surface area (Å²) in [5, 5.41) is 14.6. The normalized spacial score (nSPS) is 20.4. The summed E-state index contributed by atoms with van der Waals surface area (Å²) in [6.45, 7) is 1.87. The van der Waals surface area contributed by atoms with E-state index in [1.807, 2.05) is 25.1 Å². The highest BCUT2D eigenvalue weighted by Crippen LogP contribution is 2.31. The van der Waals surface area contributed by atoms with Crippen LogP contribution in [0.3, 0.4) is 0 Å². The number of carboxylic acid groups (broad SMARTS) is 1. The topological polar surface area (TPSA) is 104 Å². The van der Waals surface area contributed by atoms with Crippen molar-refractivity contribution in [2.24, 2.45) is 5.92 Å². The number of pyridine rings is 2. The van der Waals surface area contributed by atoms with E-state index in [1.165, 1.54) is 0 Å². The van der Waals surface area contributed by atoms with Gasteiger partial charge >= 0.3 is 6.09 Å². The van der Waals surface area contributed by atoms with Crippen molar-refractivity contribution in [1.29, 1.82) is 0 Å². The quantitative estimate of drug-likeness (QED) is 0.739. The zero-order chi connectivity index (χ0) is 17.8. The van der Waals surface area contributed by atoms with E-state index in [0.717, 1.165) is 11.1 Å². The van der Waals surface area contributed by atoms with Gasteiger partial charge in [-0.15, -0.1) is 0 Å². The second-order valence-corrected chi connectivity index (χ2v) is 6.21. The van der Waals surface area contributed by atoms with Gasteiger partial charge in [0, 0.05) is 23.9 Å². The van der Waals surface area contributed by atoms with Crippen molar-refractivity contribution >= 4 is 17.7 Å². The Labute approximate surface area is 145 Å². The highest BCUT2D eigenvalue weighted by Gasteiger charge is 2.21. The number of aromatic nitrogens is 2. The second-order valence-electron chi connectivity index (χ2n) is 6.21. The molecule has 0 saturated carbocycles. The lowest BCUT2D eigenvalue weighted by atomic mass is 9.96. The van der Waals surface area contributed by atoms with E-state index in [-0.39, 0.29) is 11.8 Å². The Morgan fingerprint density at radius 3 is 2.96 bits per heavy atom. The molecule has 2 bridgehead atoms. The fourth-order valence-corrected chi connectivity index (χ4v) is 3.01. The van der Waals surface area contributed by atoms with Crippen LogP contribution < -0.4 is 10.6 Å². The third-order valence-electron chi connectivity index (χ3n) is 4.40. The van der Waals surface area contributed by atoms with Crippen molar-refractivity contribution in [2.45, 2.75) is 32.2 Å². The summed E-state index contributed by atoms with van der Waals surface area (Å²) in [7, 11) is 0. The first-order valence-corrected chi connectivity index (χ1v) is 8.25. The Kier molecular flexibility index (Phi) is 4.92. The van der Waals surface area contributed by atoms with Gasteiger partial charge < -0.3 is 15.7 Å². The lowest BCUT2D eigenvalue weighted by Gasteiger charge is -2.20. The summed E-state index contributed by atoms with van der Waals surface area (Å²) in [6, 6.07) is 5.11. The van der Waals surface area contributed by atoms with Crippen LogP contribution in [-0.4, -0.2) is 27.1 Å². The highest BCUT2D eigenvalue weighted by atomic mass is 16.4. The summed E-state index contributed by atoms with van der Waals surface area (Å²) in [4.78, 5) is 32.0. The maximum atomic E-state index is 12.4. The van der Waals surface area contributed by atoms with Crippen LogP contribution >= 0.6 is 0 Å². The van der Waals surface area contributed by atoms with Gasteiger partial charge in [-0.1, -0.05) is 13.3 Å². The molecule has 2 amide bonds. The van der Waals surface area contributed by atoms with Crippen molar-refractivity contribution < 1.29 is 14.7 Å². The van der Waals surface area contributed by atoms with Gasteiger partial charge in [0.05, 0.1) is 23.6 Å². The number of fused-ring (bicyclic) bond motifs is 4. The molecule has 3 N–H and O–H groups in total. The monoisotopic (exact) mass is 340 g/mol. The van der Waals surface area contributed by atoms with Crippen LogP contribution in [0.15, 0.2) is 36.8 Å². The molecule has 3 heterocycles. The van der Waals surface area contributed by atoms with E-state index in [2.05, 4.69) is 20.6 Å². The SMILES string of the molecule is CC1CCC[C@H](NC(=O)O)c2cc(ccn2)-c2ccncc2NC1=O. The number of carbonyl (C=O) groups is 2. The number of hydrogen-bond donors (Lipinski definition) is 3. The molecule has 130 valence electrons. The first kappa shape index (κ1) is 16.9. The molecule has 2 aromatic heterocycles. The Morgan fingerprint density at radius 1 is 1.32 bits per heavy atom. The van der Waals surface area contributed by atoms with Gasteiger partial charge in [0.1, 0.15) is 0 Å². The second kappa shape index (κ2) is 7.29. The number of nitrogens with zero attached hydrogens (tertiary/aromatic N) is 2. The number of anilines is 1. The largest absolute Gasteiger partial charge is 0.465 e. The van der Waals surface area contributed by atoms with Crippen molar-refractivity contribution in [3.05, 3.63) is 42.5 Å². The van der Waals surface area contributed by atoms with Crippen molar-refractivity contribution in [1.82, 2.24) is 15.3 Å². The standard InChI is InChI=1S/C18H20N4O3/c1-11-3-2-4-14(22-18(24)25)15-9-12(5-8-20-15)13-6-7-19-10-16(13)21-17(11)23/h5-11,14,22H,2-4H2,1H3,(H,21,23)(H,24,25)/t11?,14-/m0/s1. The first-order valence-electron chi connectivity index (χ1n) is 8.25. The van der Waals surface area contributed by atoms with E-state index >= 15 is 0 Å². The molecule has 1 unspecified atom stereocenters. The van der Waals surface area contributed by atoms with Crippen LogP contribution in [0.2, 0.25) is 0 Å². The van der Waals surface area contributed by atoms with Gasteiger partial charge in [0.25, 0.3) is 0 Å². The first-order chi connectivity index (χ1) is 12.0. The number of hydrogen-bond acceptors (Lipinski definition) is 4. The summed E-state index contributed by atoms with van der Waals surface area (Å²) >= 11 is 0. The maximum absolute atomic E-state index is 12.4. The summed E-state index contributed by atoms with van der Waals surface area (Å²) in [5.74, 6) is -0.240. The van der Waals surface area contributed by atoms with Gasteiger partial charge in [-0.05, 0) is 36.6 Å². The number of carbonyl (C=O) groups excluding carboxylic acids is 1. The molecule has 1 aliphatic rings. The van der Waals surface area contributed by atoms with Gasteiger partial charge in [0.15, 0.2) is 0 Å². The van der Waals surface area contributed by atoms with E-state index < -0.39 is 12.1 Å².